The molecule has 0 aromatic rings. The van der Waals surface area contributed by atoms with Crippen LogP contribution in [0.5, 0.6) is 0 Å². The molecule has 0 N–H and O–H groups in total. The summed E-state index contributed by atoms with van der Waals surface area (Å²) in [5.41, 5.74) is 5.34. The minimum atomic E-state index is 0.708. The smallest absolute Gasteiger partial charge is 0.00526 e. The van der Waals surface area contributed by atoms with E-state index in [1.165, 1.54) is 83.5 Å². The lowest BCUT2D eigenvalue weighted by molar-refractivity contribution is 0.419. The van der Waals surface area contributed by atoms with Gasteiger partial charge in [-0.05, 0) is 68.9 Å². The molecule has 0 aromatic carbocycles. The van der Waals surface area contributed by atoms with Crippen LogP contribution in [0.4, 0.5) is 0 Å². The van der Waals surface area contributed by atoms with Gasteiger partial charge in [-0.3, -0.25) is 0 Å². The molecule has 3 aliphatic carbocycles. The molecule has 0 bridgehead atoms. The molecule has 1 atom stereocenters. The Kier molecular flexibility index (Phi) is 5.81. The van der Waals surface area contributed by atoms with E-state index in [4.69, 9.17) is 0 Å². The Hall–Kier alpha value is -0.740. The molecule has 3 rings (SSSR count). The van der Waals surface area contributed by atoms with Crippen molar-refractivity contribution in [2.75, 3.05) is 0 Å². The van der Waals surface area contributed by atoms with Crippen LogP contribution in [0.3, 0.4) is 0 Å². The standard InChI is InChI=1S/C21H32/c1-2-9-18(10-3-1)13-8-16-20-14-6-7-15-21(20)17-19-11-4-5-12-19/h13,16-20H,1-7,9-12,14-15H2. The van der Waals surface area contributed by atoms with Crippen LogP contribution in [-0.2, 0) is 0 Å². The maximum absolute atomic E-state index is 3.59. The van der Waals surface area contributed by atoms with E-state index in [-0.39, 0.29) is 0 Å². The maximum atomic E-state index is 3.59. The van der Waals surface area contributed by atoms with Crippen molar-refractivity contribution in [3.63, 3.8) is 0 Å². The van der Waals surface area contributed by atoms with Gasteiger partial charge in [-0.2, -0.15) is 0 Å². The van der Waals surface area contributed by atoms with Crippen molar-refractivity contribution >= 4 is 0 Å². The molecule has 116 valence electrons. The fraction of sp³-hybridized carbons (Fsp3) is 0.762. The van der Waals surface area contributed by atoms with Gasteiger partial charge in [0.2, 0.25) is 0 Å². The first-order valence-corrected chi connectivity index (χ1v) is 9.55. The number of allylic oxidation sites excluding steroid dienone is 3. The Labute approximate surface area is 131 Å². The third kappa shape index (κ3) is 4.62. The molecule has 0 spiro atoms. The lowest BCUT2D eigenvalue weighted by Gasteiger charge is -2.23. The largest absolute Gasteiger partial charge is 0.129 e. The zero-order valence-electron chi connectivity index (χ0n) is 13.7. The van der Waals surface area contributed by atoms with Crippen molar-refractivity contribution in [2.24, 2.45) is 17.8 Å². The zero-order chi connectivity index (χ0) is 14.3. The third-order valence-electron chi connectivity index (χ3n) is 5.84. The predicted molar refractivity (Wildman–Crippen MR) is 91.2 cm³/mol. The summed E-state index contributed by atoms with van der Waals surface area (Å²) in [6, 6.07) is 0. The summed E-state index contributed by atoms with van der Waals surface area (Å²) in [6.07, 6.45) is 25.9. The minimum absolute atomic E-state index is 0.708. The van der Waals surface area contributed by atoms with Gasteiger partial charge in [0.15, 0.2) is 0 Å². The van der Waals surface area contributed by atoms with Crippen molar-refractivity contribution in [3.05, 3.63) is 29.5 Å². The molecule has 0 nitrogen and oxygen atoms in total. The van der Waals surface area contributed by atoms with E-state index >= 15 is 0 Å². The van der Waals surface area contributed by atoms with Crippen LogP contribution in [0.15, 0.2) is 29.5 Å². The van der Waals surface area contributed by atoms with E-state index in [2.05, 4.69) is 24.0 Å². The Balaban J connectivity index is 1.61. The quantitative estimate of drug-likeness (QED) is 0.405. The highest BCUT2D eigenvalue weighted by Crippen LogP contribution is 2.35. The first-order valence-electron chi connectivity index (χ1n) is 9.55. The Morgan fingerprint density at radius 1 is 0.667 bits per heavy atom. The van der Waals surface area contributed by atoms with Gasteiger partial charge in [-0.15, -0.1) is 5.73 Å². The van der Waals surface area contributed by atoms with E-state index in [0.717, 1.165) is 11.8 Å². The van der Waals surface area contributed by atoms with Gasteiger partial charge in [-0.25, -0.2) is 0 Å². The maximum Gasteiger partial charge on any atom is 0.00526 e. The average molecular weight is 284 g/mol. The minimum Gasteiger partial charge on any atom is -0.129 e. The fourth-order valence-corrected chi connectivity index (χ4v) is 4.50. The lowest BCUT2D eigenvalue weighted by atomic mass is 9.82. The third-order valence-corrected chi connectivity index (χ3v) is 5.84. The van der Waals surface area contributed by atoms with Gasteiger partial charge in [-0.1, -0.05) is 50.2 Å². The fourth-order valence-electron chi connectivity index (χ4n) is 4.50. The molecule has 3 saturated carbocycles. The van der Waals surface area contributed by atoms with E-state index < -0.39 is 0 Å². The van der Waals surface area contributed by atoms with Crippen LogP contribution in [0.1, 0.15) is 83.5 Å². The summed E-state index contributed by atoms with van der Waals surface area (Å²) in [6.45, 7) is 0. The topological polar surface area (TPSA) is 0 Å². The van der Waals surface area contributed by atoms with E-state index in [0.29, 0.717) is 5.92 Å². The van der Waals surface area contributed by atoms with Gasteiger partial charge in [0, 0.05) is 5.92 Å². The molecule has 0 aromatic heterocycles. The van der Waals surface area contributed by atoms with Gasteiger partial charge >= 0.3 is 0 Å². The van der Waals surface area contributed by atoms with E-state index in [1.807, 2.05) is 0 Å². The van der Waals surface area contributed by atoms with Crippen LogP contribution in [-0.4, -0.2) is 0 Å². The van der Waals surface area contributed by atoms with Crippen LogP contribution in [0.2, 0.25) is 0 Å². The van der Waals surface area contributed by atoms with Crippen molar-refractivity contribution in [2.45, 2.75) is 83.5 Å². The Morgan fingerprint density at radius 3 is 2.14 bits per heavy atom. The van der Waals surface area contributed by atoms with Crippen LogP contribution >= 0.6 is 0 Å². The second kappa shape index (κ2) is 8.04. The van der Waals surface area contributed by atoms with E-state index in [9.17, 15) is 0 Å². The van der Waals surface area contributed by atoms with Crippen molar-refractivity contribution in [3.8, 4) is 0 Å². The summed E-state index contributed by atoms with van der Waals surface area (Å²) >= 11 is 0. The number of hydrogen-bond donors (Lipinski definition) is 0. The summed E-state index contributed by atoms with van der Waals surface area (Å²) in [4.78, 5) is 0. The second-order valence-corrected chi connectivity index (χ2v) is 7.54. The zero-order valence-corrected chi connectivity index (χ0v) is 13.7. The van der Waals surface area contributed by atoms with Crippen LogP contribution < -0.4 is 0 Å². The summed E-state index contributed by atoms with van der Waals surface area (Å²) in [5, 5.41) is 0. The molecule has 3 aliphatic rings. The molecular formula is C21H32. The Bertz CT molecular complexity index is 396. The Morgan fingerprint density at radius 2 is 1.33 bits per heavy atom. The van der Waals surface area contributed by atoms with Crippen molar-refractivity contribution in [1.82, 2.24) is 0 Å². The van der Waals surface area contributed by atoms with Gasteiger partial charge in [0.05, 0.1) is 0 Å². The van der Waals surface area contributed by atoms with Gasteiger partial charge < -0.3 is 0 Å². The normalized spacial score (nSPS) is 30.3. The molecule has 0 saturated heterocycles. The van der Waals surface area contributed by atoms with Gasteiger partial charge in [0.1, 0.15) is 0 Å². The first kappa shape index (κ1) is 15.2. The summed E-state index contributed by atoms with van der Waals surface area (Å²) in [5.74, 6) is 2.43. The average Bonchev–Trinajstić information content (AvgIpc) is 3.03. The second-order valence-electron chi connectivity index (χ2n) is 7.54. The predicted octanol–water partition coefficient (Wildman–Crippen LogP) is 6.58. The highest BCUT2D eigenvalue weighted by atomic mass is 14.2. The van der Waals surface area contributed by atoms with Crippen molar-refractivity contribution < 1.29 is 0 Å². The first-order chi connectivity index (χ1) is 10.4. The highest BCUT2D eigenvalue weighted by molar-refractivity contribution is 5.17. The number of hydrogen-bond acceptors (Lipinski definition) is 0. The molecule has 0 heterocycles. The molecule has 1 unspecified atom stereocenters. The summed E-state index contributed by atoms with van der Waals surface area (Å²) in [7, 11) is 0. The molecule has 3 fully saturated rings. The molecule has 0 amide bonds. The van der Waals surface area contributed by atoms with Gasteiger partial charge in [0.25, 0.3) is 0 Å². The summed E-state index contributed by atoms with van der Waals surface area (Å²) < 4.78 is 0. The van der Waals surface area contributed by atoms with Crippen LogP contribution in [0, 0.1) is 17.8 Å². The molecule has 0 radical (unpaired) electrons. The monoisotopic (exact) mass is 284 g/mol. The molecule has 0 heteroatoms. The lowest BCUT2D eigenvalue weighted by Crippen LogP contribution is -2.09. The molecular weight excluding hydrogens is 252 g/mol. The SMILES string of the molecule is C(=CC1CCCCC1)=CC1CCCCC1=CC1CCCC1. The molecule has 21 heavy (non-hydrogen) atoms. The molecule has 0 aliphatic heterocycles. The van der Waals surface area contributed by atoms with Crippen molar-refractivity contribution in [1.29, 1.82) is 0 Å². The highest BCUT2D eigenvalue weighted by Gasteiger charge is 2.20. The number of rotatable bonds is 3. The van der Waals surface area contributed by atoms with E-state index in [1.54, 1.807) is 5.57 Å². The van der Waals surface area contributed by atoms with Crippen LogP contribution in [0.25, 0.3) is 0 Å².